The number of guanidine groups is 1. The lowest BCUT2D eigenvalue weighted by Crippen LogP contribution is -2.35. The molecule has 0 unspecified atom stereocenters. The summed E-state index contributed by atoms with van der Waals surface area (Å²) >= 11 is 0. The van der Waals surface area contributed by atoms with Gasteiger partial charge in [0.1, 0.15) is 12.4 Å². The topological polar surface area (TPSA) is 103 Å². The van der Waals surface area contributed by atoms with E-state index in [1.165, 1.54) is 29.5 Å². The van der Waals surface area contributed by atoms with Gasteiger partial charge >= 0.3 is 5.96 Å². The molecule has 0 amide bonds. The summed E-state index contributed by atoms with van der Waals surface area (Å²) in [5, 5.41) is 6.42. The van der Waals surface area contributed by atoms with E-state index in [1.807, 2.05) is 16.7 Å². The Bertz CT molecular complexity index is 1580. The first kappa shape index (κ1) is 25.4. The predicted octanol–water partition coefficient (Wildman–Crippen LogP) is 5.94. The van der Waals surface area contributed by atoms with Gasteiger partial charge in [0.15, 0.2) is 6.04 Å². The van der Waals surface area contributed by atoms with Crippen molar-refractivity contribution < 1.29 is 13.8 Å². The molecule has 1 aromatic heterocycles. The van der Waals surface area contributed by atoms with E-state index in [9.17, 15) is 0 Å². The second-order valence-electron chi connectivity index (χ2n) is 12.4. The van der Waals surface area contributed by atoms with E-state index in [-0.39, 0.29) is 16.9 Å². The number of rotatable bonds is 5. The zero-order valence-corrected chi connectivity index (χ0v) is 23.3. The number of hydrogen-bond donors (Lipinski definition) is 2. The van der Waals surface area contributed by atoms with Crippen LogP contribution in [0.3, 0.4) is 0 Å². The molecule has 6 rings (SSSR count). The number of hydrogen-bond acceptors (Lipinski definition) is 4. The fourth-order valence-electron chi connectivity index (χ4n) is 6.17. The Morgan fingerprint density at radius 2 is 1.69 bits per heavy atom. The van der Waals surface area contributed by atoms with Crippen LogP contribution in [0.1, 0.15) is 82.0 Å². The molecule has 39 heavy (non-hydrogen) atoms. The second-order valence-corrected chi connectivity index (χ2v) is 12.4. The molecule has 7 heteroatoms. The summed E-state index contributed by atoms with van der Waals surface area (Å²) in [6.45, 7) is 10.8. The lowest BCUT2D eigenvalue weighted by molar-refractivity contribution is -0.555. The maximum Gasteiger partial charge on any atom is 0.341 e. The molecule has 4 N–H and O–H groups in total. The van der Waals surface area contributed by atoms with E-state index in [4.69, 9.17) is 20.7 Å². The van der Waals surface area contributed by atoms with Crippen molar-refractivity contribution in [3.63, 3.8) is 0 Å². The van der Waals surface area contributed by atoms with Crippen LogP contribution in [-0.2, 0) is 17.4 Å². The summed E-state index contributed by atoms with van der Waals surface area (Å²) in [4.78, 5) is 4.66. The van der Waals surface area contributed by atoms with E-state index in [2.05, 4.69) is 80.3 Å². The van der Waals surface area contributed by atoms with Crippen molar-refractivity contribution in [1.29, 1.82) is 0 Å². The van der Waals surface area contributed by atoms with Crippen LogP contribution in [0.5, 0.6) is 5.75 Å². The summed E-state index contributed by atoms with van der Waals surface area (Å²) in [6.07, 6.45) is 4.30. The number of aromatic nitrogens is 2. The summed E-state index contributed by atoms with van der Waals surface area (Å²) in [5.41, 5.74) is 17.1. The van der Waals surface area contributed by atoms with Crippen LogP contribution < -0.4 is 16.2 Å². The van der Waals surface area contributed by atoms with Crippen molar-refractivity contribution in [3.05, 3.63) is 77.2 Å². The molecule has 1 aliphatic heterocycles. The highest BCUT2D eigenvalue weighted by molar-refractivity contribution is 5.87. The summed E-state index contributed by atoms with van der Waals surface area (Å²) in [6, 6.07) is 19.2. The molecule has 202 valence electrons. The van der Waals surface area contributed by atoms with Crippen molar-refractivity contribution in [1.82, 2.24) is 10.1 Å². The number of fused-ring (bicyclic) bond motifs is 2. The standard InChI is InChI=1S/C32H37N5O2/c1-31(2)13-14-32(3,4)26-16-20(7-12-25(26)31)19-38-24-11-10-21-17-23(9-8-22(21)18-24)28-35-29(39-36-28)27-6-5-15-37(27)30(33)34/h7-12,16-18,27H,5-6,13-15,19H2,1-4H3,(H3,33,34)/p+1/t27-/m0/s1. The molecule has 1 aliphatic carbocycles. The number of nitrogens with two attached hydrogens (primary N) is 2. The Kier molecular flexibility index (Phi) is 6.12. The van der Waals surface area contributed by atoms with E-state index in [0.29, 0.717) is 24.3 Å². The Morgan fingerprint density at radius 1 is 0.949 bits per heavy atom. The van der Waals surface area contributed by atoms with E-state index < -0.39 is 0 Å². The number of nitrogens with zero attached hydrogens (tertiary/aromatic N) is 3. The molecule has 1 atom stereocenters. The van der Waals surface area contributed by atoms with Crippen molar-refractivity contribution in [2.45, 2.75) is 76.9 Å². The van der Waals surface area contributed by atoms with Crippen molar-refractivity contribution in [3.8, 4) is 17.1 Å². The Labute approximate surface area is 229 Å². The maximum atomic E-state index is 6.25. The number of benzene rings is 3. The smallest absolute Gasteiger partial charge is 0.341 e. The normalized spacial score (nSPS) is 19.7. The minimum atomic E-state index is -0.0657. The van der Waals surface area contributed by atoms with Gasteiger partial charge in [0, 0.05) is 5.56 Å². The Balaban J connectivity index is 1.19. The molecule has 2 heterocycles. The van der Waals surface area contributed by atoms with E-state index >= 15 is 0 Å². The highest BCUT2D eigenvalue weighted by atomic mass is 16.5. The zero-order chi connectivity index (χ0) is 27.4. The van der Waals surface area contributed by atoms with Gasteiger partial charge < -0.3 is 9.26 Å². The van der Waals surface area contributed by atoms with E-state index in [0.717, 1.165) is 41.5 Å². The van der Waals surface area contributed by atoms with E-state index in [1.54, 1.807) is 0 Å². The first-order chi connectivity index (χ1) is 18.6. The average Bonchev–Trinajstić information content (AvgIpc) is 3.60. The van der Waals surface area contributed by atoms with Gasteiger partial charge in [-0.05, 0) is 82.2 Å². The van der Waals surface area contributed by atoms with Crippen LogP contribution in [0.25, 0.3) is 22.2 Å². The van der Waals surface area contributed by atoms with Gasteiger partial charge in [-0.3, -0.25) is 16.0 Å². The van der Waals surface area contributed by atoms with Crippen LogP contribution >= 0.6 is 0 Å². The maximum absolute atomic E-state index is 6.25. The van der Waals surface area contributed by atoms with Crippen molar-refractivity contribution >= 4 is 16.7 Å². The predicted molar refractivity (Wildman–Crippen MR) is 154 cm³/mol. The molecule has 0 bridgehead atoms. The quantitative estimate of drug-likeness (QED) is 0.247. The fraction of sp³-hybridized carbons (Fsp3) is 0.406. The molecule has 1 fully saturated rings. The third-order valence-corrected chi connectivity index (χ3v) is 8.70. The molecular weight excluding hydrogens is 486 g/mol. The minimum Gasteiger partial charge on any atom is -0.489 e. The Hall–Kier alpha value is -3.87. The molecule has 0 spiro atoms. The lowest BCUT2D eigenvalue weighted by Gasteiger charge is -2.42. The summed E-state index contributed by atoms with van der Waals surface area (Å²) < 4.78 is 13.8. The van der Waals surface area contributed by atoms with Crippen LogP contribution in [0.4, 0.5) is 0 Å². The van der Waals surface area contributed by atoms with Gasteiger partial charge in [0.05, 0.1) is 6.54 Å². The number of ether oxygens (including phenoxy) is 1. The van der Waals surface area contributed by atoms with Crippen LogP contribution in [0.15, 0.2) is 59.1 Å². The van der Waals surface area contributed by atoms with Gasteiger partial charge in [-0.2, -0.15) is 4.98 Å². The highest BCUT2D eigenvalue weighted by Crippen LogP contribution is 2.46. The van der Waals surface area contributed by atoms with Gasteiger partial charge in [0.2, 0.25) is 5.82 Å². The molecule has 7 nitrogen and oxygen atoms in total. The summed E-state index contributed by atoms with van der Waals surface area (Å²) in [7, 11) is 0. The first-order valence-corrected chi connectivity index (χ1v) is 13.9. The molecule has 3 aromatic carbocycles. The first-order valence-electron chi connectivity index (χ1n) is 13.9. The fourth-order valence-corrected chi connectivity index (χ4v) is 6.17. The van der Waals surface area contributed by atoms with Gasteiger partial charge in [-0.25, -0.2) is 0 Å². The van der Waals surface area contributed by atoms with Gasteiger partial charge in [-0.1, -0.05) is 69.2 Å². The third-order valence-electron chi connectivity index (χ3n) is 8.70. The Morgan fingerprint density at radius 3 is 2.49 bits per heavy atom. The highest BCUT2D eigenvalue weighted by Gasteiger charge is 2.37. The minimum absolute atomic E-state index is 0.0657. The lowest BCUT2D eigenvalue weighted by atomic mass is 9.63. The largest absolute Gasteiger partial charge is 0.489 e. The van der Waals surface area contributed by atoms with Crippen molar-refractivity contribution in [2.24, 2.45) is 11.5 Å². The molecule has 0 radical (unpaired) electrons. The average molecular weight is 525 g/mol. The molecule has 2 aliphatic rings. The molecular formula is C32H38N5O2+. The van der Waals surface area contributed by atoms with Crippen LogP contribution in [0.2, 0.25) is 0 Å². The van der Waals surface area contributed by atoms with Gasteiger partial charge in [-0.15, -0.1) is 0 Å². The monoisotopic (exact) mass is 524 g/mol. The third kappa shape index (κ3) is 4.75. The summed E-state index contributed by atoms with van der Waals surface area (Å²) in [5.74, 6) is 2.26. The molecule has 4 aromatic rings. The van der Waals surface area contributed by atoms with Crippen LogP contribution in [0, 0.1) is 0 Å². The van der Waals surface area contributed by atoms with Gasteiger partial charge in [0.25, 0.3) is 5.89 Å². The SMILES string of the molecule is CC1(C)CCC(C)(C)c2cc(COc3ccc4cc(-c5noc([C@@H]6CCC[N+]6=C(N)N)n5)ccc4c3)ccc21. The van der Waals surface area contributed by atoms with Crippen LogP contribution in [-0.4, -0.2) is 27.2 Å². The van der Waals surface area contributed by atoms with Crippen molar-refractivity contribution in [2.75, 3.05) is 6.54 Å². The second kappa shape index (κ2) is 9.40. The molecule has 1 saturated heterocycles. The molecule has 0 saturated carbocycles. The zero-order valence-electron chi connectivity index (χ0n) is 23.3.